The third-order valence-corrected chi connectivity index (χ3v) is 3.80. The molecule has 2 aromatic carbocycles. The van der Waals surface area contributed by atoms with Crippen molar-refractivity contribution >= 4 is 23.2 Å². The van der Waals surface area contributed by atoms with E-state index in [0.29, 0.717) is 10.6 Å². The maximum Gasteiger partial charge on any atom is 0.232 e. The standard InChI is InChI=1S/C17H18ClNO2/c1-12(16(20)13-8-10-14(18)11-9-13)17(21)19(2)15-6-4-3-5-7-15/h3-12,16,20H,1-2H3/t12-,16+/m0/s1. The van der Waals surface area contributed by atoms with E-state index in [1.807, 2.05) is 30.3 Å². The quantitative estimate of drug-likeness (QED) is 0.936. The van der Waals surface area contributed by atoms with Crippen LogP contribution in [-0.4, -0.2) is 18.1 Å². The van der Waals surface area contributed by atoms with Crippen molar-refractivity contribution in [3.05, 3.63) is 65.2 Å². The van der Waals surface area contributed by atoms with Crippen molar-refractivity contribution in [3.63, 3.8) is 0 Å². The van der Waals surface area contributed by atoms with Gasteiger partial charge in [-0.25, -0.2) is 0 Å². The molecule has 0 heterocycles. The second-order valence-corrected chi connectivity index (χ2v) is 5.45. The zero-order valence-corrected chi connectivity index (χ0v) is 12.8. The molecule has 2 atom stereocenters. The average molecular weight is 304 g/mol. The van der Waals surface area contributed by atoms with Crippen molar-refractivity contribution in [3.8, 4) is 0 Å². The summed E-state index contributed by atoms with van der Waals surface area (Å²) in [6, 6.07) is 16.3. The van der Waals surface area contributed by atoms with Gasteiger partial charge < -0.3 is 10.0 Å². The monoisotopic (exact) mass is 303 g/mol. The molecule has 0 aliphatic rings. The lowest BCUT2D eigenvalue weighted by atomic mass is 9.96. The Kier molecular flexibility index (Phi) is 4.99. The highest BCUT2D eigenvalue weighted by molar-refractivity contribution is 6.30. The van der Waals surface area contributed by atoms with Crippen LogP contribution in [0.1, 0.15) is 18.6 Å². The lowest BCUT2D eigenvalue weighted by Crippen LogP contribution is -2.34. The van der Waals surface area contributed by atoms with Gasteiger partial charge in [0.1, 0.15) is 0 Å². The number of hydrogen-bond acceptors (Lipinski definition) is 2. The minimum absolute atomic E-state index is 0.136. The van der Waals surface area contributed by atoms with Gasteiger partial charge in [-0.05, 0) is 29.8 Å². The fourth-order valence-electron chi connectivity index (χ4n) is 2.17. The Morgan fingerprint density at radius 3 is 2.24 bits per heavy atom. The van der Waals surface area contributed by atoms with Crippen LogP contribution in [0.2, 0.25) is 5.02 Å². The number of para-hydroxylation sites is 1. The number of anilines is 1. The Balaban J connectivity index is 2.13. The first-order valence-electron chi connectivity index (χ1n) is 6.77. The highest BCUT2D eigenvalue weighted by Gasteiger charge is 2.26. The van der Waals surface area contributed by atoms with Crippen LogP contribution in [-0.2, 0) is 4.79 Å². The first-order valence-corrected chi connectivity index (χ1v) is 7.14. The van der Waals surface area contributed by atoms with Crippen LogP contribution in [0, 0.1) is 5.92 Å². The number of benzene rings is 2. The molecule has 0 aliphatic heterocycles. The first kappa shape index (κ1) is 15.5. The molecule has 0 radical (unpaired) electrons. The van der Waals surface area contributed by atoms with E-state index in [0.717, 1.165) is 5.69 Å². The van der Waals surface area contributed by atoms with Gasteiger partial charge in [0, 0.05) is 17.8 Å². The molecule has 0 saturated carbocycles. The van der Waals surface area contributed by atoms with Crippen LogP contribution in [0.15, 0.2) is 54.6 Å². The molecule has 1 N–H and O–H groups in total. The van der Waals surface area contributed by atoms with Gasteiger partial charge in [0.25, 0.3) is 0 Å². The van der Waals surface area contributed by atoms with Gasteiger partial charge in [-0.2, -0.15) is 0 Å². The van der Waals surface area contributed by atoms with Crippen LogP contribution >= 0.6 is 11.6 Å². The lowest BCUT2D eigenvalue weighted by molar-refractivity contribution is -0.125. The average Bonchev–Trinajstić information content (AvgIpc) is 2.53. The molecule has 0 saturated heterocycles. The summed E-state index contributed by atoms with van der Waals surface area (Å²) in [7, 11) is 1.71. The molecule has 110 valence electrons. The van der Waals surface area contributed by atoms with Gasteiger partial charge in [-0.1, -0.05) is 48.9 Å². The number of nitrogens with zero attached hydrogens (tertiary/aromatic N) is 1. The van der Waals surface area contributed by atoms with Crippen molar-refractivity contribution in [1.29, 1.82) is 0 Å². The largest absolute Gasteiger partial charge is 0.388 e. The molecule has 0 fully saturated rings. The molecule has 0 aromatic heterocycles. The summed E-state index contributed by atoms with van der Waals surface area (Å²) in [5, 5.41) is 11.0. The molecule has 0 aliphatic carbocycles. The van der Waals surface area contributed by atoms with Gasteiger partial charge >= 0.3 is 0 Å². The molecular formula is C17H18ClNO2. The first-order chi connectivity index (χ1) is 10.0. The number of rotatable bonds is 4. The van der Waals surface area contributed by atoms with E-state index in [-0.39, 0.29) is 5.91 Å². The van der Waals surface area contributed by atoms with Crippen molar-refractivity contribution in [2.45, 2.75) is 13.0 Å². The SMILES string of the molecule is C[C@H](C(=O)N(C)c1ccccc1)[C@@H](O)c1ccc(Cl)cc1. The van der Waals surface area contributed by atoms with Gasteiger partial charge in [-0.15, -0.1) is 0 Å². The van der Waals surface area contributed by atoms with Crippen molar-refractivity contribution in [2.75, 3.05) is 11.9 Å². The Labute approximate surface area is 129 Å². The van der Waals surface area contributed by atoms with Crippen LogP contribution in [0.3, 0.4) is 0 Å². The van der Waals surface area contributed by atoms with Crippen LogP contribution in [0.5, 0.6) is 0 Å². The van der Waals surface area contributed by atoms with E-state index in [9.17, 15) is 9.90 Å². The number of halogens is 1. The number of aliphatic hydroxyl groups excluding tert-OH is 1. The lowest BCUT2D eigenvalue weighted by Gasteiger charge is -2.25. The highest BCUT2D eigenvalue weighted by Crippen LogP contribution is 2.26. The minimum atomic E-state index is -0.860. The summed E-state index contributed by atoms with van der Waals surface area (Å²) in [4.78, 5) is 14.0. The molecular weight excluding hydrogens is 286 g/mol. The third kappa shape index (κ3) is 3.63. The molecule has 21 heavy (non-hydrogen) atoms. The topological polar surface area (TPSA) is 40.5 Å². The van der Waals surface area contributed by atoms with Crippen LogP contribution in [0.4, 0.5) is 5.69 Å². The van der Waals surface area contributed by atoms with E-state index in [2.05, 4.69) is 0 Å². The Morgan fingerprint density at radius 2 is 1.67 bits per heavy atom. The molecule has 3 nitrogen and oxygen atoms in total. The molecule has 2 rings (SSSR count). The number of aliphatic hydroxyl groups is 1. The predicted molar refractivity (Wildman–Crippen MR) is 85.4 cm³/mol. The number of hydrogen-bond donors (Lipinski definition) is 1. The van der Waals surface area contributed by atoms with Gasteiger partial charge in [0.05, 0.1) is 12.0 Å². The fourth-order valence-corrected chi connectivity index (χ4v) is 2.29. The van der Waals surface area contributed by atoms with Crippen LogP contribution in [0.25, 0.3) is 0 Å². The van der Waals surface area contributed by atoms with Gasteiger partial charge in [0.2, 0.25) is 5.91 Å². The molecule has 1 amide bonds. The molecule has 0 unspecified atom stereocenters. The zero-order chi connectivity index (χ0) is 15.4. The highest BCUT2D eigenvalue weighted by atomic mass is 35.5. The normalized spacial score (nSPS) is 13.5. The summed E-state index contributed by atoms with van der Waals surface area (Å²) in [5.74, 6) is -0.681. The summed E-state index contributed by atoms with van der Waals surface area (Å²) in [6.45, 7) is 1.72. The van der Waals surface area contributed by atoms with Crippen LogP contribution < -0.4 is 4.90 Å². The second-order valence-electron chi connectivity index (χ2n) is 5.02. The second kappa shape index (κ2) is 6.74. The Hall–Kier alpha value is -1.84. The van der Waals surface area contributed by atoms with E-state index in [4.69, 9.17) is 11.6 Å². The van der Waals surface area contributed by atoms with E-state index < -0.39 is 12.0 Å². The smallest absolute Gasteiger partial charge is 0.232 e. The summed E-state index contributed by atoms with van der Waals surface area (Å²) in [6.07, 6.45) is -0.860. The predicted octanol–water partition coefficient (Wildman–Crippen LogP) is 3.67. The number of carbonyl (C=O) groups is 1. The Morgan fingerprint density at radius 1 is 1.10 bits per heavy atom. The van der Waals surface area contributed by atoms with Gasteiger partial charge in [-0.3, -0.25) is 4.79 Å². The molecule has 4 heteroatoms. The maximum absolute atomic E-state index is 12.5. The third-order valence-electron chi connectivity index (χ3n) is 3.55. The van der Waals surface area contributed by atoms with E-state index in [1.54, 1.807) is 43.1 Å². The summed E-state index contributed by atoms with van der Waals surface area (Å²) in [5.41, 5.74) is 1.49. The van der Waals surface area contributed by atoms with Crippen molar-refractivity contribution in [1.82, 2.24) is 0 Å². The molecule has 0 bridgehead atoms. The summed E-state index contributed by atoms with van der Waals surface area (Å²) < 4.78 is 0. The van der Waals surface area contributed by atoms with E-state index >= 15 is 0 Å². The van der Waals surface area contributed by atoms with Gasteiger partial charge in [0.15, 0.2) is 0 Å². The molecule has 2 aromatic rings. The maximum atomic E-state index is 12.5. The number of amides is 1. The molecule has 0 spiro atoms. The Bertz CT molecular complexity index is 598. The van der Waals surface area contributed by atoms with E-state index in [1.165, 1.54) is 0 Å². The number of carbonyl (C=O) groups excluding carboxylic acids is 1. The summed E-state index contributed by atoms with van der Waals surface area (Å²) >= 11 is 5.83. The van der Waals surface area contributed by atoms with Crippen molar-refractivity contribution < 1.29 is 9.90 Å². The minimum Gasteiger partial charge on any atom is -0.388 e. The fraction of sp³-hybridized carbons (Fsp3) is 0.235. The van der Waals surface area contributed by atoms with Crippen molar-refractivity contribution in [2.24, 2.45) is 5.92 Å². The zero-order valence-electron chi connectivity index (χ0n) is 12.0.